The number of fused-ring (bicyclic) bond motifs is 4. The van der Waals surface area contributed by atoms with E-state index in [-0.39, 0.29) is 0 Å². The zero-order valence-electron chi connectivity index (χ0n) is 27.3. The molecule has 2 heteroatoms. The summed E-state index contributed by atoms with van der Waals surface area (Å²) in [4.78, 5) is 2.32. The summed E-state index contributed by atoms with van der Waals surface area (Å²) in [5.74, 6) is 1.74. The minimum absolute atomic E-state index is 0.854. The van der Waals surface area contributed by atoms with Crippen LogP contribution in [0.4, 0.5) is 17.1 Å². The second-order valence-corrected chi connectivity index (χ2v) is 13.0. The van der Waals surface area contributed by atoms with Gasteiger partial charge in [0.1, 0.15) is 11.5 Å². The number of benzene rings is 9. The van der Waals surface area contributed by atoms with Crippen molar-refractivity contribution in [3.8, 4) is 44.9 Å². The molecule has 0 atom stereocenters. The Morgan fingerprint density at radius 2 is 0.920 bits per heavy atom. The minimum Gasteiger partial charge on any atom is -0.456 e. The fourth-order valence-electron chi connectivity index (χ4n) is 7.56. The molecule has 1 aliphatic heterocycles. The highest BCUT2D eigenvalue weighted by Crippen LogP contribution is 2.50. The highest BCUT2D eigenvalue weighted by molar-refractivity contribution is 6.10. The molecule has 10 rings (SSSR count). The lowest BCUT2D eigenvalue weighted by molar-refractivity contribution is 0.487. The van der Waals surface area contributed by atoms with Gasteiger partial charge >= 0.3 is 0 Å². The summed E-state index contributed by atoms with van der Waals surface area (Å²) >= 11 is 0. The smallest absolute Gasteiger partial charge is 0.137 e. The van der Waals surface area contributed by atoms with Crippen LogP contribution in [0.1, 0.15) is 0 Å². The molecule has 1 aliphatic rings. The van der Waals surface area contributed by atoms with E-state index in [9.17, 15) is 0 Å². The van der Waals surface area contributed by atoms with Crippen molar-refractivity contribution in [2.75, 3.05) is 4.90 Å². The van der Waals surface area contributed by atoms with Crippen LogP contribution in [0, 0.1) is 0 Å². The van der Waals surface area contributed by atoms with E-state index >= 15 is 0 Å². The molecule has 0 aromatic heterocycles. The normalized spacial score (nSPS) is 11.8. The van der Waals surface area contributed by atoms with Gasteiger partial charge in [-0.3, -0.25) is 0 Å². The van der Waals surface area contributed by atoms with Crippen LogP contribution in [0.5, 0.6) is 11.5 Å². The van der Waals surface area contributed by atoms with Crippen LogP contribution >= 0.6 is 0 Å². The van der Waals surface area contributed by atoms with Crippen molar-refractivity contribution in [3.05, 3.63) is 188 Å². The molecule has 234 valence electrons. The zero-order chi connectivity index (χ0) is 33.0. The molecule has 0 spiro atoms. The third-order valence-electron chi connectivity index (χ3n) is 10.0. The summed E-state index contributed by atoms with van der Waals surface area (Å²) in [5.41, 5.74) is 10.3. The van der Waals surface area contributed by atoms with Gasteiger partial charge < -0.3 is 9.64 Å². The average Bonchev–Trinajstić information content (AvgIpc) is 3.18. The molecule has 50 heavy (non-hydrogen) atoms. The average molecular weight is 638 g/mol. The van der Waals surface area contributed by atoms with Crippen LogP contribution in [0.2, 0.25) is 0 Å². The van der Waals surface area contributed by atoms with Crippen LogP contribution in [-0.4, -0.2) is 0 Å². The van der Waals surface area contributed by atoms with Gasteiger partial charge in [-0.05, 0) is 103 Å². The molecule has 0 saturated heterocycles. The van der Waals surface area contributed by atoms with Crippen molar-refractivity contribution >= 4 is 49.4 Å². The van der Waals surface area contributed by atoms with E-state index in [0.29, 0.717) is 0 Å². The summed E-state index contributed by atoms with van der Waals surface area (Å²) < 4.78 is 6.79. The molecule has 0 fully saturated rings. The van der Waals surface area contributed by atoms with Gasteiger partial charge in [0.25, 0.3) is 0 Å². The molecule has 0 amide bonds. The Hall–Kier alpha value is -6.64. The predicted molar refractivity (Wildman–Crippen MR) is 210 cm³/mol. The molecule has 9 aromatic carbocycles. The third kappa shape index (κ3) is 4.73. The first-order valence-electron chi connectivity index (χ1n) is 17.1. The third-order valence-corrected chi connectivity index (χ3v) is 10.0. The van der Waals surface area contributed by atoms with Gasteiger partial charge in [-0.2, -0.15) is 0 Å². The zero-order valence-corrected chi connectivity index (χ0v) is 27.3. The highest BCUT2D eigenvalue weighted by Gasteiger charge is 2.24. The minimum atomic E-state index is 0.854. The van der Waals surface area contributed by atoms with Crippen LogP contribution in [-0.2, 0) is 0 Å². The van der Waals surface area contributed by atoms with E-state index in [1.54, 1.807) is 0 Å². The van der Waals surface area contributed by atoms with Gasteiger partial charge in [0.15, 0.2) is 0 Å². The van der Waals surface area contributed by atoms with Crippen LogP contribution < -0.4 is 9.64 Å². The number of hydrogen-bond acceptors (Lipinski definition) is 2. The molecule has 0 radical (unpaired) electrons. The Balaban J connectivity index is 1.09. The first-order valence-corrected chi connectivity index (χ1v) is 17.1. The molecule has 0 unspecified atom stereocenters. The molecule has 0 bridgehead atoms. The second-order valence-electron chi connectivity index (χ2n) is 13.0. The highest BCUT2D eigenvalue weighted by atomic mass is 16.5. The van der Waals surface area contributed by atoms with Crippen LogP contribution in [0.25, 0.3) is 65.7 Å². The standard InChI is InChI=1S/C48H31NO/c1-2-9-32(10-3-1)35-19-22-39(23-20-35)49(40-24-21-34-12-5-7-14-37(34)30-40)41-25-26-43-45-16-8-15-44-42(27-28-46(48(44)45)50-47(43)31-41)38-18-17-33-11-4-6-13-36(33)29-38/h1-31H. The first-order chi connectivity index (χ1) is 24.8. The Bertz CT molecular complexity index is 2730. The van der Waals surface area contributed by atoms with Crippen molar-refractivity contribution < 1.29 is 4.74 Å². The predicted octanol–water partition coefficient (Wildman–Crippen LogP) is 13.7. The maximum Gasteiger partial charge on any atom is 0.137 e. The summed E-state index contributed by atoms with van der Waals surface area (Å²) in [6, 6.07) is 67.4. The topological polar surface area (TPSA) is 12.5 Å². The largest absolute Gasteiger partial charge is 0.456 e. The Morgan fingerprint density at radius 3 is 1.72 bits per heavy atom. The Labute approximate surface area is 291 Å². The lowest BCUT2D eigenvalue weighted by Gasteiger charge is -2.28. The molecule has 0 aliphatic carbocycles. The SMILES string of the molecule is c1ccc(-c2ccc(N(c3ccc4c(c3)Oc3ccc(-c5ccc6ccccc6c5)c5cccc-4c35)c3ccc4ccccc4c3)cc2)cc1. The van der Waals surface area contributed by atoms with E-state index in [1.165, 1.54) is 54.7 Å². The van der Waals surface area contributed by atoms with Crippen LogP contribution in [0.15, 0.2) is 188 Å². The molecule has 1 heterocycles. The molecule has 0 N–H and O–H groups in total. The van der Waals surface area contributed by atoms with Gasteiger partial charge in [-0.15, -0.1) is 0 Å². The van der Waals surface area contributed by atoms with Gasteiger partial charge in [0, 0.05) is 34.1 Å². The quantitative estimate of drug-likeness (QED) is 0.186. The van der Waals surface area contributed by atoms with Crippen molar-refractivity contribution in [3.63, 3.8) is 0 Å². The van der Waals surface area contributed by atoms with Crippen molar-refractivity contribution in [2.45, 2.75) is 0 Å². The number of anilines is 3. The summed E-state index contributed by atoms with van der Waals surface area (Å²) in [6.07, 6.45) is 0. The number of rotatable bonds is 5. The number of nitrogens with zero attached hydrogens (tertiary/aromatic N) is 1. The molecular weight excluding hydrogens is 607 g/mol. The summed E-state index contributed by atoms with van der Waals surface area (Å²) in [7, 11) is 0. The fourth-order valence-corrected chi connectivity index (χ4v) is 7.56. The van der Waals surface area contributed by atoms with E-state index in [1.807, 2.05) is 0 Å². The lowest BCUT2D eigenvalue weighted by atomic mass is 9.90. The van der Waals surface area contributed by atoms with E-state index in [4.69, 9.17) is 4.74 Å². The van der Waals surface area contributed by atoms with E-state index in [2.05, 4.69) is 193 Å². The fraction of sp³-hybridized carbons (Fsp3) is 0. The van der Waals surface area contributed by atoms with Crippen LogP contribution in [0.3, 0.4) is 0 Å². The Morgan fingerprint density at radius 1 is 0.320 bits per heavy atom. The van der Waals surface area contributed by atoms with E-state index < -0.39 is 0 Å². The van der Waals surface area contributed by atoms with Gasteiger partial charge in [-0.25, -0.2) is 0 Å². The van der Waals surface area contributed by atoms with Crippen molar-refractivity contribution in [1.29, 1.82) is 0 Å². The molecule has 0 saturated carbocycles. The van der Waals surface area contributed by atoms with Crippen molar-refractivity contribution in [1.82, 2.24) is 0 Å². The second kappa shape index (κ2) is 11.5. The maximum absolute atomic E-state index is 6.79. The van der Waals surface area contributed by atoms with Gasteiger partial charge in [0.2, 0.25) is 0 Å². The molecule has 9 aromatic rings. The lowest BCUT2D eigenvalue weighted by Crippen LogP contribution is -2.10. The number of ether oxygens (including phenoxy) is 1. The number of hydrogen-bond donors (Lipinski definition) is 0. The van der Waals surface area contributed by atoms with Gasteiger partial charge in [-0.1, -0.05) is 133 Å². The van der Waals surface area contributed by atoms with Crippen molar-refractivity contribution in [2.24, 2.45) is 0 Å². The van der Waals surface area contributed by atoms with E-state index in [0.717, 1.165) is 39.5 Å². The Kier molecular flexibility index (Phi) is 6.53. The summed E-state index contributed by atoms with van der Waals surface area (Å²) in [6.45, 7) is 0. The first kappa shape index (κ1) is 28.4. The molecule has 2 nitrogen and oxygen atoms in total. The molecular formula is C48H31NO. The summed E-state index contributed by atoms with van der Waals surface area (Å²) in [5, 5.41) is 7.26. The van der Waals surface area contributed by atoms with Gasteiger partial charge in [0.05, 0.1) is 0 Å². The monoisotopic (exact) mass is 637 g/mol. The maximum atomic E-state index is 6.79.